The largest absolute Gasteiger partial charge is 0.497 e. The van der Waals surface area contributed by atoms with Crippen LogP contribution in [-0.4, -0.2) is 28.6 Å². The first-order valence-corrected chi connectivity index (χ1v) is 8.29. The van der Waals surface area contributed by atoms with Crippen molar-refractivity contribution in [1.82, 2.24) is 9.78 Å². The molecule has 0 spiro atoms. The predicted molar refractivity (Wildman–Crippen MR) is 88.8 cm³/mol. The molecule has 6 heteroatoms. The van der Waals surface area contributed by atoms with E-state index in [0.29, 0.717) is 11.7 Å². The molecule has 0 saturated heterocycles. The summed E-state index contributed by atoms with van der Waals surface area (Å²) in [6, 6.07) is 7.63. The van der Waals surface area contributed by atoms with Gasteiger partial charge in [-0.3, -0.25) is 4.79 Å². The van der Waals surface area contributed by atoms with E-state index in [1.54, 1.807) is 23.6 Å². The molecule has 1 aromatic heterocycles. The topological polar surface area (TPSA) is 56.1 Å². The molecule has 0 fully saturated rings. The Morgan fingerprint density at radius 3 is 2.73 bits per heavy atom. The normalized spacial score (nSPS) is 17.8. The van der Waals surface area contributed by atoms with Gasteiger partial charge in [-0.25, -0.2) is 4.68 Å². The first-order chi connectivity index (χ1) is 10.6. The molecular formula is C16H19N3O2S. The zero-order chi connectivity index (χ0) is 15.7. The van der Waals surface area contributed by atoms with Gasteiger partial charge in [-0.1, -0.05) is 13.8 Å². The third kappa shape index (κ3) is 2.70. The summed E-state index contributed by atoms with van der Waals surface area (Å²) in [7, 11) is 1.64. The molecule has 1 aliphatic heterocycles. The molecule has 3 rings (SSSR count). The minimum Gasteiger partial charge on any atom is -0.497 e. The molecule has 1 atom stereocenters. The number of hydrogen-bond donors (Lipinski definition) is 1. The SMILES string of the molecule is COc1ccc(-n2ncc3c2NC(=O)CSC3C(C)C)cc1. The Morgan fingerprint density at radius 2 is 2.09 bits per heavy atom. The maximum absolute atomic E-state index is 12.0. The van der Waals surface area contributed by atoms with Gasteiger partial charge in [0.05, 0.1) is 24.7 Å². The summed E-state index contributed by atoms with van der Waals surface area (Å²) < 4.78 is 6.97. The van der Waals surface area contributed by atoms with Crippen LogP contribution in [-0.2, 0) is 4.79 Å². The monoisotopic (exact) mass is 317 g/mol. The van der Waals surface area contributed by atoms with E-state index < -0.39 is 0 Å². The maximum atomic E-state index is 12.0. The van der Waals surface area contributed by atoms with E-state index in [0.717, 1.165) is 22.8 Å². The second-order valence-electron chi connectivity index (χ2n) is 5.58. The quantitative estimate of drug-likeness (QED) is 0.944. The van der Waals surface area contributed by atoms with Crippen LogP contribution in [0.3, 0.4) is 0 Å². The Kier molecular flexibility index (Phi) is 4.11. The lowest BCUT2D eigenvalue weighted by Crippen LogP contribution is -2.15. The highest BCUT2D eigenvalue weighted by Crippen LogP contribution is 2.42. The number of carbonyl (C=O) groups is 1. The van der Waals surface area contributed by atoms with E-state index in [1.807, 2.05) is 30.5 Å². The van der Waals surface area contributed by atoms with Crippen molar-refractivity contribution >= 4 is 23.5 Å². The number of nitrogens with zero attached hydrogens (tertiary/aromatic N) is 2. The first-order valence-electron chi connectivity index (χ1n) is 7.24. The number of carbonyl (C=O) groups excluding carboxylic acids is 1. The highest BCUT2D eigenvalue weighted by molar-refractivity contribution is 8.00. The molecule has 0 radical (unpaired) electrons. The van der Waals surface area contributed by atoms with Crippen molar-refractivity contribution in [2.75, 3.05) is 18.2 Å². The second kappa shape index (κ2) is 6.04. The van der Waals surface area contributed by atoms with E-state index >= 15 is 0 Å². The molecule has 2 aromatic rings. The Hall–Kier alpha value is -1.95. The van der Waals surface area contributed by atoms with Gasteiger partial charge in [-0.05, 0) is 30.2 Å². The van der Waals surface area contributed by atoms with Gasteiger partial charge < -0.3 is 10.1 Å². The standard InChI is InChI=1S/C16H19N3O2S/c1-10(2)15-13-8-17-19(16(13)18-14(20)9-22-15)11-4-6-12(21-3)7-5-11/h4-8,10,15H,9H2,1-3H3,(H,18,20). The van der Waals surface area contributed by atoms with E-state index in [4.69, 9.17) is 4.74 Å². The van der Waals surface area contributed by atoms with Crippen LogP contribution in [0.2, 0.25) is 0 Å². The molecule has 1 amide bonds. The van der Waals surface area contributed by atoms with Crippen molar-refractivity contribution in [3.05, 3.63) is 36.0 Å². The molecular weight excluding hydrogens is 298 g/mol. The summed E-state index contributed by atoms with van der Waals surface area (Å²) in [6.07, 6.45) is 1.86. The molecule has 5 nitrogen and oxygen atoms in total. The Bertz CT molecular complexity index is 679. The Morgan fingerprint density at radius 1 is 1.36 bits per heavy atom. The van der Waals surface area contributed by atoms with Gasteiger partial charge in [0.1, 0.15) is 11.6 Å². The number of anilines is 1. The van der Waals surface area contributed by atoms with Crippen molar-refractivity contribution in [3.8, 4) is 11.4 Å². The lowest BCUT2D eigenvalue weighted by atomic mass is 10.0. The van der Waals surface area contributed by atoms with E-state index in [-0.39, 0.29) is 11.2 Å². The zero-order valence-electron chi connectivity index (χ0n) is 12.9. The number of aromatic nitrogens is 2. The number of benzene rings is 1. The van der Waals surface area contributed by atoms with E-state index in [9.17, 15) is 4.79 Å². The van der Waals surface area contributed by atoms with Gasteiger partial charge in [0.25, 0.3) is 0 Å². The summed E-state index contributed by atoms with van der Waals surface area (Å²) in [5, 5.41) is 7.74. The van der Waals surface area contributed by atoms with Crippen LogP contribution in [0.5, 0.6) is 5.75 Å². The highest BCUT2D eigenvalue weighted by atomic mass is 32.2. The summed E-state index contributed by atoms with van der Waals surface area (Å²) in [5.41, 5.74) is 1.98. The fourth-order valence-corrected chi connectivity index (χ4v) is 3.73. The fraction of sp³-hybridized carbons (Fsp3) is 0.375. The summed E-state index contributed by atoms with van der Waals surface area (Å²) in [6.45, 7) is 4.34. The molecule has 1 N–H and O–H groups in total. The van der Waals surface area contributed by atoms with E-state index in [2.05, 4.69) is 24.3 Å². The van der Waals surface area contributed by atoms with Gasteiger partial charge in [-0.15, -0.1) is 11.8 Å². The number of hydrogen-bond acceptors (Lipinski definition) is 4. The number of fused-ring (bicyclic) bond motifs is 1. The molecule has 22 heavy (non-hydrogen) atoms. The van der Waals surface area contributed by atoms with Crippen molar-refractivity contribution in [3.63, 3.8) is 0 Å². The van der Waals surface area contributed by atoms with Gasteiger partial charge in [0.15, 0.2) is 0 Å². The molecule has 1 unspecified atom stereocenters. The average Bonchev–Trinajstić information content (AvgIpc) is 2.83. The number of amides is 1. The van der Waals surface area contributed by atoms with Crippen LogP contribution >= 0.6 is 11.8 Å². The van der Waals surface area contributed by atoms with Crippen LogP contribution in [0.15, 0.2) is 30.5 Å². The van der Waals surface area contributed by atoms with Crippen molar-refractivity contribution in [2.24, 2.45) is 5.92 Å². The summed E-state index contributed by atoms with van der Waals surface area (Å²) in [4.78, 5) is 12.0. The number of rotatable bonds is 3. The van der Waals surface area contributed by atoms with Crippen LogP contribution in [0.25, 0.3) is 5.69 Å². The third-order valence-corrected chi connectivity index (χ3v) is 5.26. The minimum atomic E-state index is 0.0182. The average molecular weight is 317 g/mol. The smallest absolute Gasteiger partial charge is 0.235 e. The van der Waals surface area contributed by atoms with Crippen molar-refractivity contribution in [2.45, 2.75) is 19.1 Å². The molecule has 2 heterocycles. The van der Waals surface area contributed by atoms with Crippen molar-refractivity contribution in [1.29, 1.82) is 0 Å². The molecule has 0 bridgehead atoms. The molecule has 1 aliphatic rings. The first kappa shape index (κ1) is 15.0. The molecule has 0 saturated carbocycles. The van der Waals surface area contributed by atoms with Crippen molar-refractivity contribution < 1.29 is 9.53 Å². The minimum absolute atomic E-state index is 0.0182. The molecule has 116 valence electrons. The molecule has 1 aromatic carbocycles. The summed E-state index contributed by atoms with van der Waals surface area (Å²) in [5.74, 6) is 2.50. The molecule has 0 aliphatic carbocycles. The Balaban J connectivity index is 2.05. The van der Waals surface area contributed by atoms with Gasteiger partial charge in [-0.2, -0.15) is 5.10 Å². The number of nitrogens with one attached hydrogen (secondary N) is 1. The van der Waals surface area contributed by atoms with Gasteiger partial charge in [0, 0.05) is 10.8 Å². The van der Waals surface area contributed by atoms with Crippen LogP contribution in [0.1, 0.15) is 24.7 Å². The van der Waals surface area contributed by atoms with E-state index in [1.165, 1.54) is 0 Å². The fourth-order valence-electron chi connectivity index (χ4n) is 2.59. The van der Waals surface area contributed by atoms with Gasteiger partial charge >= 0.3 is 0 Å². The van der Waals surface area contributed by atoms with Crippen LogP contribution in [0, 0.1) is 5.92 Å². The predicted octanol–water partition coefficient (Wildman–Crippen LogP) is 3.26. The third-order valence-electron chi connectivity index (χ3n) is 3.68. The lowest BCUT2D eigenvalue weighted by Gasteiger charge is -2.17. The highest BCUT2D eigenvalue weighted by Gasteiger charge is 2.28. The zero-order valence-corrected chi connectivity index (χ0v) is 13.7. The second-order valence-corrected chi connectivity index (χ2v) is 6.71. The Labute approximate surface area is 134 Å². The van der Waals surface area contributed by atoms with Crippen LogP contribution in [0.4, 0.5) is 5.82 Å². The van der Waals surface area contributed by atoms with Gasteiger partial charge in [0.2, 0.25) is 5.91 Å². The maximum Gasteiger partial charge on any atom is 0.235 e. The number of methoxy groups -OCH3 is 1. The number of thioether (sulfide) groups is 1. The number of ether oxygens (including phenoxy) is 1. The van der Waals surface area contributed by atoms with Crippen LogP contribution < -0.4 is 10.1 Å². The summed E-state index contributed by atoms with van der Waals surface area (Å²) >= 11 is 1.67. The lowest BCUT2D eigenvalue weighted by molar-refractivity contribution is -0.113.